The van der Waals surface area contributed by atoms with E-state index in [-0.39, 0.29) is 5.91 Å². The molecule has 0 aromatic carbocycles. The van der Waals surface area contributed by atoms with Gasteiger partial charge in [-0.3, -0.25) is 4.79 Å². The molecule has 0 saturated carbocycles. The third-order valence-corrected chi connectivity index (χ3v) is 3.94. The highest BCUT2D eigenvalue weighted by Gasteiger charge is 2.34. The average molecular weight is 312 g/mol. The lowest BCUT2D eigenvalue weighted by Crippen LogP contribution is -2.36. The fourth-order valence-electron chi connectivity index (χ4n) is 2.45. The van der Waals surface area contributed by atoms with Crippen molar-refractivity contribution in [2.75, 3.05) is 27.2 Å². The largest absolute Gasteiger partial charge is 0.335 e. The zero-order valence-electron chi connectivity index (χ0n) is 10.9. The molecule has 1 amide bonds. The van der Waals surface area contributed by atoms with E-state index in [2.05, 4.69) is 46.8 Å². The van der Waals surface area contributed by atoms with Gasteiger partial charge in [-0.1, -0.05) is 6.92 Å². The number of hydrogen-bond donors (Lipinski definition) is 0. The van der Waals surface area contributed by atoms with Crippen LogP contribution >= 0.6 is 15.9 Å². The summed E-state index contributed by atoms with van der Waals surface area (Å²) in [4.78, 5) is 20.5. The molecule has 18 heavy (non-hydrogen) atoms. The van der Waals surface area contributed by atoms with E-state index in [1.54, 1.807) is 12.3 Å². The molecule has 5 heteroatoms. The molecule has 0 radical (unpaired) electrons. The average Bonchev–Trinajstić information content (AvgIpc) is 2.71. The van der Waals surface area contributed by atoms with Crippen molar-refractivity contribution in [3.63, 3.8) is 0 Å². The van der Waals surface area contributed by atoms with Crippen molar-refractivity contribution in [1.29, 1.82) is 0 Å². The predicted molar refractivity (Wildman–Crippen MR) is 74.5 cm³/mol. The molecular weight excluding hydrogens is 294 g/mol. The Labute approximate surface area is 116 Å². The molecule has 1 saturated heterocycles. The van der Waals surface area contributed by atoms with E-state index in [9.17, 15) is 4.79 Å². The van der Waals surface area contributed by atoms with Gasteiger partial charge in [0.2, 0.25) is 0 Å². The number of carbonyl (C=O) groups excluding carboxylic acids is 1. The Morgan fingerprint density at radius 2 is 2.17 bits per heavy atom. The summed E-state index contributed by atoms with van der Waals surface area (Å²) in [6, 6.07) is 4.05. The van der Waals surface area contributed by atoms with E-state index in [1.165, 1.54) is 0 Å². The molecule has 1 aromatic heterocycles. The Bertz CT molecular complexity index is 432. The van der Waals surface area contributed by atoms with Crippen molar-refractivity contribution >= 4 is 21.8 Å². The molecule has 0 aliphatic carbocycles. The Hall–Kier alpha value is -0.940. The summed E-state index contributed by atoms with van der Waals surface area (Å²) in [6.07, 6.45) is 1.66. The predicted octanol–water partition coefficient (Wildman–Crippen LogP) is 1.87. The van der Waals surface area contributed by atoms with E-state index in [0.717, 1.165) is 17.6 Å². The molecule has 2 heterocycles. The van der Waals surface area contributed by atoms with Crippen molar-refractivity contribution in [2.45, 2.75) is 13.0 Å². The standard InChI is InChI=1S/C13H18BrN3O/c1-9-7-17(8-12(9)16(2)3)13(18)11-5-4-10(14)6-15-11/h4-6,9,12H,7-8H2,1-3H3. The quantitative estimate of drug-likeness (QED) is 0.836. The van der Waals surface area contributed by atoms with Crippen LogP contribution < -0.4 is 0 Å². The lowest BCUT2D eigenvalue weighted by Gasteiger charge is -2.22. The second kappa shape index (κ2) is 5.36. The van der Waals surface area contributed by atoms with Crippen LogP contribution in [0.3, 0.4) is 0 Å². The highest BCUT2D eigenvalue weighted by molar-refractivity contribution is 9.10. The van der Waals surface area contributed by atoms with Crippen molar-refractivity contribution in [1.82, 2.24) is 14.8 Å². The lowest BCUT2D eigenvalue weighted by molar-refractivity contribution is 0.0775. The summed E-state index contributed by atoms with van der Waals surface area (Å²) < 4.78 is 0.889. The van der Waals surface area contributed by atoms with E-state index >= 15 is 0 Å². The van der Waals surface area contributed by atoms with Crippen LogP contribution in [0.1, 0.15) is 17.4 Å². The number of rotatable bonds is 2. The van der Waals surface area contributed by atoms with Gasteiger partial charge in [0.25, 0.3) is 5.91 Å². The van der Waals surface area contributed by atoms with E-state index in [4.69, 9.17) is 0 Å². The van der Waals surface area contributed by atoms with Gasteiger partial charge in [0.15, 0.2) is 0 Å². The molecule has 4 nitrogen and oxygen atoms in total. The van der Waals surface area contributed by atoms with Crippen molar-refractivity contribution in [3.05, 3.63) is 28.5 Å². The second-order valence-electron chi connectivity index (χ2n) is 5.08. The van der Waals surface area contributed by atoms with Crippen LogP contribution in [0.15, 0.2) is 22.8 Å². The maximum atomic E-state index is 12.3. The van der Waals surface area contributed by atoms with Crippen molar-refractivity contribution in [3.8, 4) is 0 Å². The Balaban J connectivity index is 2.09. The number of pyridine rings is 1. The first kappa shape index (κ1) is 13.5. The highest BCUT2D eigenvalue weighted by atomic mass is 79.9. The minimum Gasteiger partial charge on any atom is -0.335 e. The molecule has 0 N–H and O–H groups in total. The monoisotopic (exact) mass is 311 g/mol. The van der Waals surface area contributed by atoms with Gasteiger partial charge in [-0.2, -0.15) is 0 Å². The molecule has 1 fully saturated rings. The van der Waals surface area contributed by atoms with Crippen LogP contribution in [-0.4, -0.2) is 53.9 Å². The fourth-order valence-corrected chi connectivity index (χ4v) is 2.69. The lowest BCUT2D eigenvalue weighted by atomic mass is 10.1. The first-order chi connectivity index (χ1) is 8.49. The van der Waals surface area contributed by atoms with Gasteiger partial charge in [-0.15, -0.1) is 0 Å². The van der Waals surface area contributed by atoms with Crippen LogP contribution in [-0.2, 0) is 0 Å². The first-order valence-corrected chi connectivity index (χ1v) is 6.85. The molecule has 0 bridgehead atoms. The van der Waals surface area contributed by atoms with E-state index < -0.39 is 0 Å². The number of aromatic nitrogens is 1. The van der Waals surface area contributed by atoms with Gasteiger partial charge >= 0.3 is 0 Å². The molecule has 2 unspecified atom stereocenters. The van der Waals surface area contributed by atoms with Crippen molar-refractivity contribution < 1.29 is 4.79 Å². The van der Waals surface area contributed by atoms with Gasteiger partial charge in [0, 0.05) is 29.8 Å². The van der Waals surface area contributed by atoms with Crippen LogP contribution in [0, 0.1) is 5.92 Å². The van der Waals surface area contributed by atoms with Crippen LogP contribution in [0.2, 0.25) is 0 Å². The molecule has 0 spiro atoms. The third kappa shape index (κ3) is 2.72. The van der Waals surface area contributed by atoms with Gasteiger partial charge < -0.3 is 9.80 Å². The molecule has 1 aliphatic rings. The summed E-state index contributed by atoms with van der Waals surface area (Å²) in [5.74, 6) is 0.526. The van der Waals surface area contributed by atoms with Gasteiger partial charge in [0.1, 0.15) is 5.69 Å². The van der Waals surface area contributed by atoms with E-state index in [0.29, 0.717) is 17.7 Å². The number of nitrogens with zero attached hydrogens (tertiary/aromatic N) is 3. The number of amides is 1. The highest BCUT2D eigenvalue weighted by Crippen LogP contribution is 2.21. The minimum atomic E-state index is 0.0266. The maximum Gasteiger partial charge on any atom is 0.272 e. The van der Waals surface area contributed by atoms with Gasteiger partial charge in [0.05, 0.1) is 0 Å². The summed E-state index contributed by atoms with van der Waals surface area (Å²) in [6.45, 7) is 3.77. The fraction of sp³-hybridized carbons (Fsp3) is 0.538. The number of carbonyl (C=O) groups is 1. The zero-order chi connectivity index (χ0) is 13.3. The van der Waals surface area contributed by atoms with Gasteiger partial charge in [-0.25, -0.2) is 4.98 Å². The molecule has 2 atom stereocenters. The summed E-state index contributed by atoms with van der Waals surface area (Å²) in [5.41, 5.74) is 0.518. The van der Waals surface area contributed by atoms with Crippen LogP contribution in [0.4, 0.5) is 0 Å². The zero-order valence-corrected chi connectivity index (χ0v) is 12.5. The smallest absolute Gasteiger partial charge is 0.272 e. The maximum absolute atomic E-state index is 12.3. The third-order valence-electron chi connectivity index (χ3n) is 3.47. The first-order valence-electron chi connectivity index (χ1n) is 6.06. The Kier molecular flexibility index (Phi) is 4.02. The molecule has 1 aromatic rings. The number of hydrogen-bond acceptors (Lipinski definition) is 3. The summed E-state index contributed by atoms with van der Waals surface area (Å²) in [7, 11) is 4.13. The van der Waals surface area contributed by atoms with E-state index in [1.807, 2.05) is 11.0 Å². The SMILES string of the molecule is CC1CN(C(=O)c2ccc(Br)cn2)CC1N(C)C. The summed E-state index contributed by atoms with van der Waals surface area (Å²) in [5, 5.41) is 0. The second-order valence-corrected chi connectivity index (χ2v) is 6.00. The minimum absolute atomic E-state index is 0.0266. The van der Waals surface area contributed by atoms with Crippen molar-refractivity contribution in [2.24, 2.45) is 5.92 Å². The van der Waals surface area contributed by atoms with Crippen LogP contribution in [0.25, 0.3) is 0 Å². The number of likely N-dealkylation sites (N-methyl/N-ethyl adjacent to an activating group) is 1. The topological polar surface area (TPSA) is 36.4 Å². The van der Waals surface area contributed by atoms with Crippen LogP contribution in [0.5, 0.6) is 0 Å². The number of halogens is 1. The summed E-state index contributed by atoms with van der Waals surface area (Å²) >= 11 is 3.32. The number of likely N-dealkylation sites (tertiary alicyclic amines) is 1. The molecular formula is C13H18BrN3O. The normalized spacial score (nSPS) is 23.7. The Morgan fingerprint density at radius 3 is 2.67 bits per heavy atom. The molecule has 98 valence electrons. The van der Waals surface area contributed by atoms with Gasteiger partial charge in [-0.05, 0) is 48.1 Å². The Morgan fingerprint density at radius 1 is 1.44 bits per heavy atom. The molecule has 1 aliphatic heterocycles. The molecule has 2 rings (SSSR count).